The summed E-state index contributed by atoms with van der Waals surface area (Å²) in [7, 11) is 0. The fourth-order valence-corrected chi connectivity index (χ4v) is 2.65. The van der Waals surface area contributed by atoms with Gasteiger partial charge in [0, 0.05) is 24.6 Å². The Kier molecular flexibility index (Phi) is 5.76. The predicted octanol–water partition coefficient (Wildman–Crippen LogP) is 5.56. The normalized spacial score (nSPS) is 10.4. The molecule has 0 bridgehead atoms. The molecule has 1 aromatic heterocycles. The third-order valence-electron chi connectivity index (χ3n) is 3.80. The van der Waals surface area contributed by atoms with Gasteiger partial charge < -0.3 is 10.6 Å². The second kappa shape index (κ2) is 8.21. The molecular formula is C20H17Cl2N3O. The van der Waals surface area contributed by atoms with Crippen molar-refractivity contribution < 1.29 is 4.79 Å². The van der Waals surface area contributed by atoms with Crippen LogP contribution in [-0.2, 0) is 6.54 Å². The first-order valence-corrected chi connectivity index (χ1v) is 8.78. The van der Waals surface area contributed by atoms with Gasteiger partial charge >= 0.3 is 0 Å². The Morgan fingerprint density at radius 1 is 0.962 bits per heavy atom. The highest BCUT2D eigenvalue weighted by molar-refractivity contribution is 6.42. The van der Waals surface area contributed by atoms with E-state index in [0.717, 1.165) is 11.3 Å². The fourth-order valence-electron chi connectivity index (χ4n) is 2.35. The average Bonchev–Trinajstić information content (AvgIpc) is 2.64. The van der Waals surface area contributed by atoms with Crippen LogP contribution in [0.4, 0.5) is 11.4 Å². The van der Waals surface area contributed by atoms with Gasteiger partial charge in [-0.05, 0) is 36.8 Å². The van der Waals surface area contributed by atoms with E-state index in [1.54, 1.807) is 30.5 Å². The Balaban J connectivity index is 1.66. The molecule has 0 aliphatic carbocycles. The molecule has 0 unspecified atom stereocenters. The van der Waals surface area contributed by atoms with Gasteiger partial charge in [-0.15, -0.1) is 0 Å². The number of pyridine rings is 1. The number of hydrogen-bond acceptors (Lipinski definition) is 3. The van der Waals surface area contributed by atoms with Crippen LogP contribution >= 0.6 is 23.2 Å². The molecule has 3 aromatic rings. The third-order valence-corrected chi connectivity index (χ3v) is 4.53. The van der Waals surface area contributed by atoms with Gasteiger partial charge in [0.2, 0.25) is 0 Å². The molecule has 4 nitrogen and oxygen atoms in total. The van der Waals surface area contributed by atoms with Crippen LogP contribution in [0.2, 0.25) is 10.0 Å². The van der Waals surface area contributed by atoms with Gasteiger partial charge in [0.1, 0.15) is 0 Å². The summed E-state index contributed by atoms with van der Waals surface area (Å²) in [5, 5.41) is 6.88. The molecule has 3 rings (SSSR count). The summed E-state index contributed by atoms with van der Waals surface area (Å²) in [4.78, 5) is 16.6. The molecule has 6 heteroatoms. The van der Waals surface area contributed by atoms with Gasteiger partial charge in [-0.1, -0.05) is 53.0 Å². The summed E-state index contributed by atoms with van der Waals surface area (Å²) >= 11 is 11.9. The van der Waals surface area contributed by atoms with Crippen LogP contribution < -0.4 is 10.6 Å². The molecule has 2 aromatic carbocycles. The predicted molar refractivity (Wildman–Crippen MR) is 107 cm³/mol. The van der Waals surface area contributed by atoms with E-state index in [0.29, 0.717) is 27.8 Å². The first-order valence-electron chi connectivity index (χ1n) is 8.02. The van der Waals surface area contributed by atoms with Crippen molar-refractivity contribution in [3.63, 3.8) is 0 Å². The number of nitrogens with zero attached hydrogens (tertiary/aromatic N) is 1. The van der Waals surface area contributed by atoms with E-state index in [1.165, 1.54) is 11.8 Å². The lowest BCUT2D eigenvalue weighted by molar-refractivity contribution is 0.102. The largest absolute Gasteiger partial charge is 0.380 e. The Hall–Kier alpha value is -2.56. The maximum absolute atomic E-state index is 12.4. The molecular weight excluding hydrogens is 369 g/mol. The summed E-state index contributed by atoms with van der Waals surface area (Å²) < 4.78 is 0. The van der Waals surface area contributed by atoms with E-state index < -0.39 is 0 Å². The zero-order valence-electron chi connectivity index (χ0n) is 14.1. The summed E-state index contributed by atoms with van der Waals surface area (Å²) in [6.07, 6.45) is 3.20. The second-order valence-corrected chi connectivity index (χ2v) is 6.70. The van der Waals surface area contributed by atoms with E-state index in [4.69, 9.17) is 23.2 Å². The van der Waals surface area contributed by atoms with Crippen LogP contribution in [0, 0.1) is 6.92 Å². The maximum atomic E-state index is 12.4. The van der Waals surface area contributed by atoms with Crippen LogP contribution in [-0.4, -0.2) is 10.9 Å². The molecule has 1 amide bonds. The number of halogens is 2. The van der Waals surface area contributed by atoms with Gasteiger partial charge in [-0.25, -0.2) is 0 Å². The SMILES string of the molecule is Cc1ccc(CNc2cncc(C(=O)Nc3ccc(Cl)c(Cl)c3)c2)cc1. The van der Waals surface area contributed by atoms with Gasteiger partial charge in [0.05, 0.1) is 21.3 Å². The number of carbonyl (C=O) groups excluding carboxylic acids is 1. The van der Waals surface area contributed by atoms with Crippen molar-refractivity contribution >= 4 is 40.5 Å². The fraction of sp³-hybridized carbons (Fsp3) is 0.100. The number of amides is 1. The number of aromatic nitrogens is 1. The van der Waals surface area contributed by atoms with Gasteiger partial charge in [0.15, 0.2) is 0 Å². The highest BCUT2D eigenvalue weighted by Crippen LogP contribution is 2.25. The standard InChI is InChI=1S/C20H17Cl2N3O/c1-13-2-4-14(5-3-13)10-24-17-8-15(11-23-12-17)20(26)25-16-6-7-18(21)19(22)9-16/h2-9,11-12,24H,10H2,1H3,(H,25,26). The molecule has 2 N–H and O–H groups in total. The van der Waals surface area contributed by atoms with Crippen molar-refractivity contribution in [1.29, 1.82) is 0 Å². The molecule has 0 saturated carbocycles. The quantitative estimate of drug-likeness (QED) is 0.604. The summed E-state index contributed by atoms with van der Waals surface area (Å²) in [5.41, 5.74) is 4.16. The lowest BCUT2D eigenvalue weighted by Gasteiger charge is -2.09. The van der Waals surface area contributed by atoms with Crippen molar-refractivity contribution in [2.45, 2.75) is 13.5 Å². The number of aryl methyl sites for hydroxylation is 1. The van der Waals surface area contributed by atoms with Gasteiger partial charge in [-0.2, -0.15) is 0 Å². The minimum Gasteiger partial charge on any atom is -0.380 e. The molecule has 0 spiro atoms. The summed E-state index contributed by atoms with van der Waals surface area (Å²) in [6.45, 7) is 2.71. The number of anilines is 2. The molecule has 0 fully saturated rings. The van der Waals surface area contributed by atoms with E-state index in [1.807, 2.05) is 0 Å². The monoisotopic (exact) mass is 385 g/mol. The highest BCUT2D eigenvalue weighted by atomic mass is 35.5. The topological polar surface area (TPSA) is 54.0 Å². The summed E-state index contributed by atoms with van der Waals surface area (Å²) in [6, 6.07) is 15.0. The summed E-state index contributed by atoms with van der Waals surface area (Å²) in [5.74, 6) is -0.269. The lowest BCUT2D eigenvalue weighted by Crippen LogP contribution is -2.12. The van der Waals surface area contributed by atoms with Gasteiger partial charge in [0.25, 0.3) is 5.91 Å². The minimum absolute atomic E-state index is 0.269. The molecule has 0 radical (unpaired) electrons. The Bertz CT molecular complexity index is 927. The molecule has 0 atom stereocenters. The van der Waals surface area contributed by atoms with E-state index in [-0.39, 0.29) is 5.91 Å². The zero-order chi connectivity index (χ0) is 18.5. The van der Waals surface area contributed by atoms with Crippen molar-refractivity contribution in [1.82, 2.24) is 4.98 Å². The molecule has 132 valence electrons. The number of carbonyl (C=O) groups is 1. The van der Waals surface area contributed by atoms with E-state index in [2.05, 4.69) is 46.8 Å². The molecule has 0 aliphatic heterocycles. The lowest BCUT2D eigenvalue weighted by atomic mass is 10.1. The van der Waals surface area contributed by atoms with Crippen molar-refractivity contribution in [3.8, 4) is 0 Å². The van der Waals surface area contributed by atoms with Gasteiger partial charge in [-0.3, -0.25) is 9.78 Å². The zero-order valence-corrected chi connectivity index (χ0v) is 15.6. The Morgan fingerprint density at radius 2 is 1.73 bits per heavy atom. The van der Waals surface area contributed by atoms with Crippen LogP contribution in [0.15, 0.2) is 60.9 Å². The Morgan fingerprint density at radius 3 is 2.46 bits per heavy atom. The number of benzene rings is 2. The van der Waals surface area contributed by atoms with Crippen LogP contribution in [0.5, 0.6) is 0 Å². The highest BCUT2D eigenvalue weighted by Gasteiger charge is 2.09. The number of rotatable bonds is 5. The second-order valence-electron chi connectivity index (χ2n) is 5.88. The van der Waals surface area contributed by atoms with Crippen LogP contribution in [0.3, 0.4) is 0 Å². The molecule has 26 heavy (non-hydrogen) atoms. The van der Waals surface area contributed by atoms with E-state index >= 15 is 0 Å². The van der Waals surface area contributed by atoms with E-state index in [9.17, 15) is 4.79 Å². The smallest absolute Gasteiger partial charge is 0.257 e. The maximum Gasteiger partial charge on any atom is 0.257 e. The average molecular weight is 386 g/mol. The van der Waals surface area contributed by atoms with Crippen LogP contribution in [0.1, 0.15) is 21.5 Å². The first-order chi connectivity index (χ1) is 12.5. The third kappa shape index (κ3) is 4.75. The number of hydrogen-bond donors (Lipinski definition) is 2. The minimum atomic E-state index is -0.269. The van der Waals surface area contributed by atoms with Crippen molar-refractivity contribution in [2.24, 2.45) is 0 Å². The Labute approximate surface area is 162 Å². The van der Waals surface area contributed by atoms with Crippen LogP contribution in [0.25, 0.3) is 0 Å². The molecule has 0 saturated heterocycles. The molecule has 0 aliphatic rings. The van der Waals surface area contributed by atoms with Crippen molar-refractivity contribution in [3.05, 3.63) is 87.7 Å². The number of nitrogens with one attached hydrogen (secondary N) is 2. The molecule has 1 heterocycles. The first kappa shape index (κ1) is 18.2. The van der Waals surface area contributed by atoms with Crippen molar-refractivity contribution in [2.75, 3.05) is 10.6 Å².